The summed E-state index contributed by atoms with van der Waals surface area (Å²) in [6.45, 7) is 0. The second-order valence-electron chi connectivity index (χ2n) is 4.03. The lowest BCUT2D eigenvalue weighted by atomic mass is 9.92. The smallest absolute Gasteiger partial charge is 0.267 e. The van der Waals surface area contributed by atoms with E-state index in [1.807, 2.05) is 0 Å². The molecule has 1 aromatic rings. The number of alkyl halides is 2. The van der Waals surface area contributed by atoms with E-state index in [0.29, 0.717) is 17.4 Å². The van der Waals surface area contributed by atoms with Crippen molar-refractivity contribution in [3.63, 3.8) is 0 Å². The Kier molecular flexibility index (Phi) is 3.10. The lowest BCUT2D eigenvalue weighted by Gasteiger charge is -2.28. The summed E-state index contributed by atoms with van der Waals surface area (Å²) in [6, 6.07) is 2.74. The van der Waals surface area contributed by atoms with Crippen LogP contribution in [-0.4, -0.2) is 15.7 Å². The fourth-order valence-corrected chi connectivity index (χ4v) is 2.24. The highest BCUT2D eigenvalue weighted by molar-refractivity contribution is 9.10. The average Bonchev–Trinajstić information content (AvgIpc) is 2.22. The van der Waals surface area contributed by atoms with E-state index in [4.69, 9.17) is 0 Å². The summed E-state index contributed by atoms with van der Waals surface area (Å²) in [4.78, 5) is 11.5. The van der Waals surface area contributed by atoms with Crippen molar-refractivity contribution in [3.8, 4) is 0 Å². The van der Waals surface area contributed by atoms with E-state index < -0.39 is 5.92 Å². The highest BCUT2D eigenvalue weighted by Gasteiger charge is 2.36. The van der Waals surface area contributed by atoms with Gasteiger partial charge in [0, 0.05) is 18.9 Å². The van der Waals surface area contributed by atoms with Crippen LogP contribution in [0, 0.1) is 0 Å². The van der Waals surface area contributed by atoms with Crippen molar-refractivity contribution >= 4 is 15.9 Å². The number of halogens is 3. The molecule has 0 unspecified atom stereocenters. The summed E-state index contributed by atoms with van der Waals surface area (Å²) < 4.78 is 27.8. The van der Waals surface area contributed by atoms with Gasteiger partial charge in [0.15, 0.2) is 0 Å². The summed E-state index contributed by atoms with van der Waals surface area (Å²) in [5.41, 5.74) is -0.238. The van der Waals surface area contributed by atoms with Crippen LogP contribution in [0.5, 0.6) is 0 Å². The third-order valence-corrected chi connectivity index (χ3v) is 3.25. The molecule has 0 spiro atoms. The van der Waals surface area contributed by atoms with Gasteiger partial charge < -0.3 is 0 Å². The zero-order valence-electron chi connectivity index (χ0n) is 8.50. The molecule has 2 rings (SSSR count). The molecule has 16 heavy (non-hydrogen) atoms. The van der Waals surface area contributed by atoms with Crippen molar-refractivity contribution in [1.29, 1.82) is 0 Å². The van der Waals surface area contributed by atoms with Gasteiger partial charge in [-0.05, 0) is 34.8 Å². The van der Waals surface area contributed by atoms with Crippen molar-refractivity contribution in [2.45, 2.75) is 37.6 Å². The van der Waals surface area contributed by atoms with Gasteiger partial charge in [-0.1, -0.05) is 0 Å². The van der Waals surface area contributed by atoms with Crippen LogP contribution >= 0.6 is 15.9 Å². The Balaban J connectivity index is 2.20. The van der Waals surface area contributed by atoms with Crippen molar-refractivity contribution in [3.05, 3.63) is 27.1 Å². The highest BCUT2D eigenvalue weighted by Crippen LogP contribution is 2.37. The van der Waals surface area contributed by atoms with Crippen molar-refractivity contribution in [2.75, 3.05) is 0 Å². The maximum Gasteiger partial charge on any atom is 0.267 e. The summed E-state index contributed by atoms with van der Waals surface area (Å²) in [5.74, 6) is -2.58. The minimum Gasteiger partial charge on any atom is -0.268 e. The van der Waals surface area contributed by atoms with Gasteiger partial charge in [-0.2, -0.15) is 5.10 Å². The summed E-state index contributed by atoms with van der Waals surface area (Å²) >= 11 is 3.17. The minimum absolute atomic E-state index is 0.168. The molecule has 1 aliphatic rings. The second kappa shape index (κ2) is 4.24. The summed E-state index contributed by atoms with van der Waals surface area (Å²) in [5, 5.41) is 4.02. The summed E-state index contributed by atoms with van der Waals surface area (Å²) in [6.07, 6.45) is 0.267. The zero-order chi connectivity index (χ0) is 11.8. The molecule has 3 nitrogen and oxygen atoms in total. The Labute approximate surface area is 99.6 Å². The lowest BCUT2D eigenvalue weighted by Crippen LogP contribution is -2.32. The molecule has 0 amide bonds. The first-order valence-electron chi connectivity index (χ1n) is 5.11. The van der Waals surface area contributed by atoms with Crippen LogP contribution in [0.2, 0.25) is 0 Å². The number of nitrogens with zero attached hydrogens (tertiary/aromatic N) is 2. The van der Waals surface area contributed by atoms with Crippen molar-refractivity contribution in [2.24, 2.45) is 0 Å². The van der Waals surface area contributed by atoms with E-state index >= 15 is 0 Å². The lowest BCUT2D eigenvalue weighted by molar-refractivity contribution is -0.0454. The van der Waals surface area contributed by atoms with Crippen LogP contribution in [0.1, 0.15) is 31.7 Å². The van der Waals surface area contributed by atoms with E-state index in [2.05, 4.69) is 21.0 Å². The van der Waals surface area contributed by atoms with Gasteiger partial charge >= 0.3 is 0 Å². The maximum atomic E-state index is 13.0. The molecular weight excluding hydrogens is 282 g/mol. The Morgan fingerprint density at radius 1 is 1.38 bits per heavy atom. The van der Waals surface area contributed by atoms with Gasteiger partial charge in [0.2, 0.25) is 5.92 Å². The average molecular weight is 293 g/mol. The predicted octanol–water partition coefficient (Wildman–Crippen LogP) is 2.76. The third kappa shape index (κ3) is 2.48. The predicted molar refractivity (Wildman–Crippen MR) is 58.6 cm³/mol. The normalized spacial score (nSPS) is 20.9. The molecule has 6 heteroatoms. The van der Waals surface area contributed by atoms with Crippen molar-refractivity contribution in [1.82, 2.24) is 9.78 Å². The minimum atomic E-state index is -2.58. The topological polar surface area (TPSA) is 34.9 Å². The van der Waals surface area contributed by atoms with Crippen molar-refractivity contribution < 1.29 is 8.78 Å². The summed E-state index contributed by atoms with van der Waals surface area (Å²) in [7, 11) is 0. The standard InChI is InChI=1S/C10H11BrF2N2O/c11-8-1-2-9(16)15(14-8)7-3-5-10(12,13)6-4-7/h1-2,7H,3-6H2. The molecule has 1 saturated carbocycles. The number of aromatic nitrogens is 2. The first kappa shape index (κ1) is 11.7. The molecule has 0 radical (unpaired) electrons. The fourth-order valence-electron chi connectivity index (χ4n) is 1.93. The Bertz CT molecular complexity index is 437. The van der Waals surface area contributed by atoms with E-state index in [9.17, 15) is 13.6 Å². The first-order valence-corrected chi connectivity index (χ1v) is 5.90. The fraction of sp³-hybridized carbons (Fsp3) is 0.600. The molecule has 0 aliphatic heterocycles. The molecule has 1 aliphatic carbocycles. The van der Waals surface area contributed by atoms with E-state index in [1.54, 1.807) is 6.07 Å². The second-order valence-corrected chi connectivity index (χ2v) is 4.84. The molecule has 1 aromatic heterocycles. The van der Waals surface area contributed by atoms with Crippen LogP contribution in [0.25, 0.3) is 0 Å². The number of hydrogen-bond acceptors (Lipinski definition) is 2. The zero-order valence-corrected chi connectivity index (χ0v) is 10.1. The van der Waals surface area contributed by atoms with Gasteiger partial charge in [0.1, 0.15) is 4.60 Å². The van der Waals surface area contributed by atoms with E-state index in [0.717, 1.165) is 0 Å². The van der Waals surface area contributed by atoms with Crippen LogP contribution in [-0.2, 0) is 0 Å². The Hall–Kier alpha value is -0.780. The van der Waals surface area contributed by atoms with Gasteiger partial charge in [-0.25, -0.2) is 13.5 Å². The maximum absolute atomic E-state index is 13.0. The molecule has 0 N–H and O–H groups in total. The van der Waals surface area contributed by atoms with E-state index in [1.165, 1.54) is 10.7 Å². The van der Waals surface area contributed by atoms with Gasteiger partial charge in [-0.3, -0.25) is 4.79 Å². The molecule has 0 bridgehead atoms. The molecule has 0 atom stereocenters. The third-order valence-electron chi connectivity index (χ3n) is 2.83. The van der Waals surface area contributed by atoms with Crippen LogP contribution < -0.4 is 5.56 Å². The van der Waals surface area contributed by atoms with E-state index in [-0.39, 0.29) is 24.4 Å². The SMILES string of the molecule is O=c1ccc(Br)nn1C1CCC(F)(F)CC1. The monoisotopic (exact) mass is 292 g/mol. The molecule has 0 aromatic carbocycles. The highest BCUT2D eigenvalue weighted by atomic mass is 79.9. The van der Waals surface area contributed by atoms with Gasteiger partial charge in [-0.15, -0.1) is 0 Å². The Morgan fingerprint density at radius 2 is 2.00 bits per heavy atom. The largest absolute Gasteiger partial charge is 0.268 e. The molecule has 0 saturated heterocycles. The molecular formula is C10H11BrF2N2O. The van der Waals surface area contributed by atoms with Crippen LogP contribution in [0.4, 0.5) is 8.78 Å². The quantitative estimate of drug-likeness (QED) is 0.798. The Morgan fingerprint density at radius 3 is 2.62 bits per heavy atom. The molecule has 88 valence electrons. The van der Waals surface area contributed by atoms with Crippen LogP contribution in [0.3, 0.4) is 0 Å². The molecule has 1 fully saturated rings. The molecule has 1 heterocycles. The number of rotatable bonds is 1. The van der Waals surface area contributed by atoms with Crippen LogP contribution in [0.15, 0.2) is 21.5 Å². The van der Waals surface area contributed by atoms with Gasteiger partial charge in [0.25, 0.3) is 5.56 Å². The first-order chi connectivity index (χ1) is 7.48. The van der Waals surface area contributed by atoms with Gasteiger partial charge in [0.05, 0.1) is 6.04 Å². The number of hydrogen-bond donors (Lipinski definition) is 0.